The fourth-order valence-electron chi connectivity index (χ4n) is 2.69. The molecule has 126 valence electrons. The summed E-state index contributed by atoms with van der Waals surface area (Å²) in [5, 5.41) is 4.56. The zero-order valence-corrected chi connectivity index (χ0v) is 14.4. The first-order valence-corrected chi connectivity index (χ1v) is 8.49. The Bertz CT molecular complexity index is 972. The third-order valence-corrected chi connectivity index (χ3v) is 4.48. The number of rotatable bonds is 4. The van der Waals surface area contributed by atoms with E-state index < -0.39 is 0 Å². The van der Waals surface area contributed by atoms with Crippen molar-refractivity contribution in [3.63, 3.8) is 0 Å². The number of oxime groups is 1. The second-order valence-electron chi connectivity index (χ2n) is 6.16. The summed E-state index contributed by atoms with van der Waals surface area (Å²) in [4.78, 5) is 21.4. The van der Waals surface area contributed by atoms with E-state index in [1.165, 1.54) is 0 Å². The maximum absolute atomic E-state index is 11.7. The molecule has 0 amide bonds. The van der Waals surface area contributed by atoms with E-state index in [1.54, 1.807) is 6.21 Å². The Morgan fingerprint density at radius 2 is 2.08 bits per heavy atom. The first-order chi connectivity index (χ1) is 12.1. The maximum Gasteiger partial charge on any atom is 0.338 e. The van der Waals surface area contributed by atoms with Crippen LogP contribution < -0.4 is 0 Å². The van der Waals surface area contributed by atoms with Crippen LogP contribution in [0.4, 0.5) is 0 Å². The zero-order valence-electron chi connectivity index (χ0n) is 13.6. The molecule has 6 heteroatoms. The quantitative estimate of drug-likeness (QED) is 0.400. The average Bonchev–Trinajstić information content (AvgIpc) is 3.39. The molecule has 0 aliphatic heterocycles. The van der Waals surface area contributed by atoms with Crippen LogP contribution in [0.15, 0.2) is 47.8 Å². The van der Waals surface area contributed by atoms with Crippen molar-refractivity contribution in [3.05, 3.63) is 58.9 Å². The lowest BCUT2D eigenvalue weighted by Gasteiger charge is -2.01. The highest BCUT2D eigenvalue weighted by molar-refractivity contribution is 6.30. The van der Waals surface area contributed by atoms with Crippen molar-refractivity contribution in [1.29, 1.82) is 0 Å². The van der Waals surface area contributed by atoms with E-state index in [9.17, 15) is 4.79 Å². The van der Waals surface area contributed by atoms with Crippen molar-refractivity contribution >= 4 is 29.4 Å². The van der Waals surface area contributed by atoms with Crippen LogP contribution in [-0.2, 0) is 9.63 Å². The Morgan fingerprint density at radius 1 is 1.32 bits per heavy atom. The minimum Gasteiger partial charge on any atom is -0.318 e. The summed E-state index contributed by atoms with van der Waals surface area (Å²) in [6.45, 7) is 2.00. The number of aryl methyl sites for hydroxylation is 1. The molecule has 0 unspecified atom stereocenters. The third kappa shape index (κ3) is 3.15. The summed E-state index contributed by atoms with van der Waals surface area (Å²) in [5.41, 5.74) is 4.32. The number of benzene rings is 1. The maximum atomic E-state index is 11.7. The second kappa shape index (κ2) is 6.33. The van der Waals surface area contributed by atoms with Gasteiger partial charge in [0.2, 0.25) is 0 Å². The number of nitrogens with zero attached hydrogens (tertiary/aromatic N) is 3. The van der Waals surface area contributed by atoms with Crippen LogP contribution in [0.25, 0.3) is 16.9 Å². The second-order valence-corrected chi connectivity index (χ2v) is 6.59. The molecule has 4 rings (SSSR count). The predicted molar refractivity (Wildman–Crippen MR) is 96.8 cm³/mol. The number of imidazole rings is 1. The van der Waals surface area contributed by atoms with Gasteiger partial charge in [-0.05, 0) is 43.5 Å². The third-order valence-electron chi connectivity index (χ3n) is 4.23. The molecular weight excluding hydrogens is 338 g/mol. The van der Waals surface area contributed by atoms with Crippen LogP contribution in [0, 0.1) is 12.8 Å². The Hall–Kier alpha value is -2.66. The van der Waals surface area contributed by atoms with Crippen LogP contribution >= 0.6 is 11.6 Å². The SMILES string of the molecule is Cc1cccn2c(/C=N/OC(=O)C3CC3)c(-c3ccc(Cl)cc3)nc12. The highest BCUT2D eigenvalue weighted by Gasteiger charge is 2.31. The van der Waals surface area contributed by atoms with Crippen molar-refractivity contribution in [3.8, 4) is 11.3 Å². The molecule has 3 aromatic rings. The zero-order chi connectivity index (χ0) is 17.4. The summed E-state index contributed by atoms with van der Waals surface area (Å²) in [5.74, 6) is -0.258. The molecule has 5 nitrogen and oxygen atoms in total. The molecule has 2 heterocycles. The number of hydrogen-bond donors (Lipinski definition) is 0. The molecule has 0 saturated heterocycles. The minimum absolute atomic E-state index is 0.0114. The molecule has 0 N–H and O–H groups in total. The van der Waals surface area contributed by atoms with Gasteiger partial charge in [0.25, 0.3) is 0 Å². The van der Waals surface area contributed by atoms with Crippen LogP contribution in [0.2, 0.25) is 5.02 Å². The summed E-state index contributed by atoms with van der Waals surface area (Å²) >= 11 is 5.99. The fraction of sp³-hybridized carbons (Fsp3) is 0.211. The van der Waals surface area contributed by atoms with Gasteiger partial charge >= 0.3 is 5.97 Å². The molecule has 0 atom stereocenters. The number of hydrogen-bond acceptors (Lipinski definition) is 4. The van der Waals surface area contributed by atoms with E-state index in [0.29, 0.717) is 5.02 Å². The Balaban J connectivity index is 1.77. The fourth-order valence-corrected chi connectivity index (χ4v) is 2.81. The number of pyridine rings is 1. The normalized spacial score (nSPS) is 14.3. The first kappa shape index (κ1) is 15.8. The largest absolute Gasteiger partial charge is 0.338 e. The van der Waals surface area contributed by atoms with Crippen molar-refractivity contribution in [1.82, 2.24) is 9.38 Å². The van der Waals surface area contributed by atoms with E-state index >= 15 is 0 Å². The first-order valence-electron chi connectivity index (χ1n) is 8.11. The molecule has 1 aliphatic carbocycles. The molecule has 1 saturated carbocycles. The smallest absolute Gasteiger partial charge is 0.318 e. The van der Waals surface area contributed by atoms with Gasteiger partial charge in [-0.2, -0.15) is 0 Å². The van der Waals surface area contributed by atoms with Crippen molar-refractivity contribution < 1.29 is 9.63 Å². The Labute approximate surface area is 149 Å². The molecule has 0 bridgehead atoms. The molecule has 25 heavy (non-hydrogen) atoms. The molecule has 0 radical (unpaired) electrons. The number of carbonyl (C=O) groups is 1. The number of fused-ring (bicyclic) bond motifs is 1. The van der Waals surface area contributed by atoms with Crippen molar-refractivity contribution in [2.75, 3.05) is 0 Å². The molecule has 1 fully saturated rings. The summed E-state index contributed by atoms with van der Waals surface area (Å²) in [6, 6.07) is 11.4. The van der Waals surface area contributed by atoms with Gasteiger partial charge in [-0.1, -0.05) is 35.0 Å². The van der Waals surface area contributed by atoms with Crippen LogP contribution in [0.5, 0.6) is 0 Å². The van der Waals surface area contributed by atoms with E-state index in [-0.39, 0.29) is 11.9 Å². The lowest BCUT2D eigenvalue weighted by Crippen LogP contribution is -2.02. The lowest BCUT2D eigenvalue weighted by atomic mass is 10.1. The topological polar surface area (TPSA) is 56.0 Å². The standard InChI is InChI=1S/C19H16ClN3O2/c1-12-3-2-10-23-16(11-21-25-19(24)14-4-5-14)17(22-18(12)23)13-6-8-15(20)9-7-13/h2-3,6-11,14H,4-5H2,1H3/b21-11+. The van der Waals surface area contributed by atoms with Gasteiger partial charge in [0.15, 0.2) is 0 Å². The van der Waals surface area contributed by atoms with Crippen LogP contribution in [0.1, 0.15) is 24.1 Å². The summed E-state index contributed by atoms with van der Waals surface area (Å²) < 4.78 is 1.94. The highest BCUT2D eigenvalue weighted by Crippen LogP contribution is 2.30. The Morgan fingerprint density at radius 3 is 2.80 bits per heavy atom. The van der Waals surface area contributed by atoms with Gasteiger partial charge in [0.05, 0.1) is 23.5 Å². The van der Waals surface area contributed by atoms with Crippen molar-refractivity contribution in [2.24, 2.45) is 11.1 Å². The molecule has 0 spiro atoms. The van der Waals surface area contributed by atoms with Gasteiger partial charge in [0.1, 0.15) is 5.65 Å². The van der Waals surface area contributed by atoms with Gasteiger partial charge in [-0.3, -0.25) is 4.40 Å². The number of halogens is 1. The van der Waals surface area contributed by atoms with E-state index in [0.717, 1.165) is 41.0 Å². The average molecular weight is 354 g/mol. The highest BCUT2D eigenvalue weighted by atomic mass is 35.5. The van der Waals surface area contributed by atoms with E-state index in [1.807, 2.05) is 53.9 Å². The van der Waals surface area contributed by atoms with Crippen LogP contribution in [0.3, 0.4) is 0 Å². The number of carbonyl (C=O) groups excluding carboxylic acids is 1. The molecule has 2 aromatic heterocycles. The predicted octanol–water partition coefficient (Wildman–Crippen LogP) is 4.25. The van der Waals surface area contributed by atoms with Gasteiger partial charge < -0.3 is 4.84 Å². The van der Waals surface area contributed by atoms with Gasteiger partial charge in [-0.25, -0.2) is 9.78 Å². The van der Waals surface area contributed by atoms with Crippen LogP contribution in [-0.4, -0.2) is 21.6 Å². The van der Waals surface area contributed by atoms with E-state index in [2.05, 4.69) is 5.16 Å². The minimum atomic E-state index is -0.269. The number of aromatic nitrogens is 2. The monoisotopic (exact) mass is 353 g/mol. The summed E-state index contributed by atoms with van der Waals surface area (Å²) in [7, 11) is 0. The molecule has 1 aromatic carbocycles. The van der Waals surface area contributed by atoms with E-state index in [4.69, 9.17) is 21.4 Å². The van der Waals surface area contributed by atoms with Gasteiger partial charge in [-0.15, -0.1) is 0 Å². The molecular formula is C19H16ClN3O2. The van der Waals surface area contributed by atoms with Gasteiger partial charge in [0, 0.05) is 16.8 Å². The Kier molecular flexibility index (Phi) is 4.01. The lowest BCUT2D eigenvalue weighted by molar-refractivity contribution is -0.145. The molecule has 1 aliphatic rings. The van der Waals surface area contributed by atoms with Crippen molar-refractivity contribution in [2.45, 2.75) is 19.8 Å². The summed E-state index contributed by atoms with van der Waals surface area (Å²) in [6.07, 6.45) is 5.24.